The van der Waals surface area contributed by atoms with Gasteiger partial charge in [-0.15, -0.1) is 0 Å². The number of para-hydroxylation sites is 1. The number of carbonyl (C=O) groups excluding carboxylic acids is 1. The van der Waals surface area contributed by atoms with Crippen LogP contribution < -0.4 is 10.9 Å². The maximum Gasteiger partial charge on any atom is 0.297 e. The third-order valence-electron chi connectivity index (χ3n) is 6.13. The molecule has 0 unspecified atom stereocenters. The minimum Gasteiger partial charge on any atom is -0.448 e. The maximum absolute atomic E-state index is 13.4. The van der Waals surface area contributed by atoms with E-state index in [9.17, 15) is 9.59 Å². The van der Waals surface area contributed by atoms with Gasteiger partial charge in [-0.05, 0) is 56.9 Å². The zero-order valence-electron chi connectivity index (χ0n) is 19.5. The van der Waals surface area contributed by atoms with E-state index in [0.717, 1.165) is 40.6 Å². The summed E-state index contributed by atoms with van der Waals surface area (Å²) in [4.78, 5) is 31.1. The minimum atomic E-state index is -0.246. The first-order valence-corrected chi connectivity index (χ1v) is 12.4. The number of nitrogens with zero attached hydrogens (tertiary/aromatic N) is 2. The van der Waals surface area contributed by atoms with E-state index in [-0.39, 0.29) is 28.9 Å². The largest absolute Gasteiger partial charge is 0.448 e. The second-order valence-electron chi connectivity index (χ2n) is 8.83. The molecule has 0 saturated carbocycles. The lowest BCUT2D eigenvalue weighted by molar-refractivity contribution is -0.113. The molecule has 0 radical (unpaired) electrons. The number of rotatable bonds is 6. The standard InChI is InChI=1S/C26H27N3O4S/c1-15-11-16(2)22(17(3)12-15)27-21(30)14-34-26-28-23-19-8-4-5-9-20(19)33-24(23)25(31)29(26)13-18-7-6-10-32-18/h4-5,8-9,11-12,18H,6-7,10,13-14H2,1-3H3,(H,27,30)/t18-/m0/s1. The summed E-state index contributed by atoms with van der Waals surface area (Å²) in [6.07, 6.45) is 1.81. The molecule has 2 aromatic heterocycles. The molecule has 1 fully saturated rings. The molecule has 34 heavy (non-hydrogen) atoms. The van der Waals surface area contributed by atoms with E-state index < -0.39 is 0 Å². The summed E-state index contributed by atoms with van der Waals surface area (Å²) >= 11 is 1.26. The Balaban J connectivity index is 1.46. The van der Waals surface area contributed by atoms with E-state index >= 15 is 0 Å². The van der Waals surface area contributed by atoms with Crippen LogP contribution in [-0.2, 0) is 16.1 Å². The van der Waals surface area contributed by atoms with Gasteiger partial charge in [-0.25, -0.2) is 4.98 Å². The van der Waals surface area contributed by atoms with Gasteiger partial charge in [0, 0.05) is 17.7 Å². The van der Waals surface area contributed by atoms with Crippen LogP contribution in [0.5, 0.6) is 0 Å². The fourth-order valence-corrected chi connectivity index (χ4v) is 5.40. The molecule has 3 heterocycles. The zero-order chi connectivity index (χ0) is 23.8. The smallest absolute Gasteiger partial charge is 0.297 e. The fraction of sp³-hybridized carbons (Fsp3) is 0.346. The number of hydrogen-bond acceptors (Lipinski definition) is 6. The van der Waals surface area contributed by atoms with Crippen molar-refractivity contribution in [1.29, 1.82) is 0 Å². The number of aryl methyl sites for hydroxylation is 3. The molecule has 0 aliphatic carbocycles. The molecule has 1 N–H and O–H groups in total. The first-order valence-electron chi connectivity index (χ1n) is 11.4. The van der Waals surface area contributed by atoms with Gasteiger partial charge in [0.2, 0.25) is 11.5 Å². The predicted octanol–water partition coefficient (Wildman–Crippen LogP) is 4.98. The lowest BCUT2D eigenvalue weighted by Crippen LogP contribution is -2.29. The third-order valence-corrected chi connectivity index (χ3v) is 7.11. The van der Waals surface area contributed by atoms with E-state index in [1.165, 1.54) is 11.8 Å². The number of carbonyl (C=O) groups is 1. The molecule has 1 aliphatic heterocycles. The molecule has 1 aliphatic rings. The average molecular weight is 478 g/mol. The Morgan fingerprint density at radius 3 is 2.71 bits per heavy atom. The number of benzene rings is 2. The van der Waals surface area contributed by atoms with Crippen LogP contribution in [0.4, 0.5) is 5.69 Å². The van der Waals surface area contributed by atoms with Gasteiger partial charge in [-0.2, -0.15) is 0 Å². The van der Waals surface area contributed by atoms with Gasteiger partial charge < -0.3 is 14.5 Å². The fourth-order valence-electron chi connectivity index (χ4n) is 4.60. The van der Waals surface area contributed by atoms with Gasteiger partial charge in [0.25, 0.3) is 5.56 Å². The summed E-state index contributed by atoms with van der Waals surface area (Å²) in [5, 5.41) is 4.31. The molecule has 4 aromatic rings. The van der Waals surface area contributed by atoms with Crippen molar-refractivity contribution in [3.8, 4) is 0 Å². The van der Waals surface area contributed by atoms with Crippen LogP contribution in [0.3, 0.4) is 0 Å². The summed E-state index contributed by atoms with van der Waals surface area (Å²) in [5.41, 5.74) is 5.17. The van der Waals surface area contributed by atoms with E-state index in [2.05, 4.69) is 17.4 Å². The van der Waals surface area contributed by atoms with Gasteiger partial charge in [-0.3, -0.25) is 14.2 Å². The number of fused-ring (bicyclic) bond motifs is 3. The summed E-state index contributed by atoms with van der Waals surface area (Å²) < 4.78 is 13.2. The van der Waals surface area contributed by atoms with Crippen molar-refractivity contribution in [2.24, 2.45) is 0 Å². The first-order chi connectivity index (χ1) is 16.4. The SMILES string of the molecule is Cc1cc(C)c(NC(=O)CSc2nc3c(oc4ccccc43)c(=O)n2C[C@@H]2CCCO2)c(C)c1. The highest BCUT2D eigenvalue weighted by Gasteiger charge is 2.23. The molecule has 2 aromatic carbocycles. The van der Waals surface area contributed by atoms with Gasteiger partial charge >= 0.3 is 0 Å². The molecule has 176 valence electrons. The monoisotopic (exact) mass is 477 g/mol. The van der Waals surface area contributed by atoms with Crippen LogP contribution in [0, 0.1) is 20.8 Å². The van der Waals surface area contributed by atoms with Crippen molar-refractivity contribution in [3.05, 3.63) is 63.4 Å². The highest BCUT2D eigenvalue weighted by molar-refractivity contribution is 7.99. The van der Waals surface area contributed by atoms with Gasteiger partial charge in [-0.1, -0.05) is 41.6 Å². The van der Waals surface area contributed by atoms with Crippen molar-refractivity contribution < 1.29 is 13.9 Å². The van der Waals surface area contributed by atoms with Crippen LogP contribution >= 0.6 is 11.8 Å². The lowest BCUT2D eigenvalue weighted by atomic mass is 10.1. The molecule has 1 atom stereocenters. The summed E-state index contributed by atoms with van der Waals surface area (Å²) in [6.45, 7) is 7.10. The Morgan fingerprint density at radius 2 is 1.97 bits per heavy atom. The maximum atomic E-state index is 13.4. The molecule has 7 nitrogen and oxygen atoms in total. The second kappa shape index (κ2) is 9.27. The highest BCUT2D eigenvalue weighted by Crippen LogP contribution is 2.28. The van der Waals surface area contributed by atoms with Gasteiger partial charge in [0.05, 0.1) is 18.4 Å². The first kappa shape index (κ1) is 22.7. The van der Waals surface area contributed by atoms with E-state index in [4.69, 9.17) is 14.1 Å². The number of aromatic nitrogens is 2. The molecular weight excluding hydrogens is 450 g/mol. The topological polar surface area (TPSA) is 86.4 Å². The van der Waals surface area contributed by atoms with Crippen LogP contribution in [0.25, 0.3) is 22.1 Å². The highest BCUT2D eigenvalue weighted by atomic mass is 32.2. The molecular formula is C26H27N3O4S. The molecule has 0 spiro atoms. The minimum absolute atomic E-state index is 0.0487. The number of ether oxygens (including phenoxy) is 1. The van der Waals surface area contributed by atoms with Crippen LogP contribution in [0.2, 0.25) is 0 Å². The Labute approximate surface area is 201 Å². The van der Waals surface area contributed by atoms with Crippen molar-refractivity contribution in [2.45, 2.75) is 51.4 Å². The molecule has 1 amide bonds. The Hall–Kier alpha value is -3.10. The van der Waals surface area contributed by atoms with E-state index in [0.29, 0.717) is 29.4 Å². The number of nitrogens with one attached hydrogen (secondary N) is 1. The Morgan fingerprint density at radius 1 is 1.21 bits per heavy atom. The number of amides is 1. The molecule has 0 bridgehead atoms. The summed E-state index contributed by atoms with van der Waals surface area (Å²) in [7, 11) is 0. The number of thioether (sulfide) groups is 1. The van der Waals surface area contributed by atoms with E-state index in [1.54, 1.807) is 4.57 Å². The zero-order valence-corrected chi connectivity index (χ0v) is 20.3. The predicted molar refractivity (Wildman–Crippen MR) is 135 cm³/mol. The normalized spacial score (nSPS) is 15.9. The Kier molecular flexibility index (Phi) is 6.18. The molecule has 1 saturated heterocycles. The summed E-state index contributed by atoms with van der Waals surface area (Å²) in [6, 6.07) is 11.6. The van der Waals surface area contributed by atoms with Crippen LogP contribution in [0.1, 0.15) is 29.5 Å². The van der Waals surface area contributed by atoms with Crippen molar-refractivity contribution in [2.75, 3.05) is 17.7 Å². The van der Waals surface area contributed by atoms with E-state index in [1.807, 2.05) is 45.0 Å². The quantitative estimate of drug-likeness (QED) is 0.311. The summed E-state index contributed by atoms with van der Waals surface area (Å²) in [5.74, 6) is -0.0124. The van der Waals surface area contributed by atoms with Crippen molar-refractivity contribution in [1.82, 2.24) is 9.55 Å². The third kappa shape index (κ3) is 4.35. The lowest BCUT2D eigenvalue weighted by Gasteiger charge is -2.16. The van der Waals surface area contributed by atoms with Gasteiger partial charge in [0.1, 0.15) is 11.1 Å². The number of anilines is 1. The number of furan rings is 1. The molecule has 5 rings (SSSR count). The van der Waals surface area contributed by atoms with Crippen molar-refractivity contribution >= 4 is 45.4 Å². The molecule has 8 heteroatoms. The van der Waals surface area contributed by atoms with Gasteiger partial charge in [0.15, 0.2) is 5.16 Å². The second-order valence-corrected chi connectivity index (χ2v) is 9.77. The average Bonchev–Trinajstić information content (AvgIpc) is 3.45. The van der Waals surface area contributed by atoms with Crippen LogP contribution in [0.15, 0.2) is 50.8 Å². The van der Waals surface area contributed by atoms with Crippen molar-refractivity contribution in [3.63, 3.8) is 0 Å². The number of hydrogen-bond donors (Lipinski definition) is 1. The van der Waals surface area contributed by atoms with Crippen LogP contribution in [-0.4, -0.2) is 33.9 Å². The Bertz CT molecular complexity index is 1430.